The maximum atomic E-state index is 13.8. The summed E-state index contributed by atoms with van der Waals surface area (Å²) in [7, 11) is -15.2. The number of sulfonamides is 3. The molecule has 39 nitrogen and oxygen atoms in total. The first-order valence-electron chi connectivity index (χ1n) is 45.4. The number of hydrogen-bond donors (Lipinski definition) is 7. The van der Waals surface area contributed by atoms with Gasteiger partial charge < -0.3 is 68.4 Å². The molecule has 1 saturated heterocycles. The Hall–Kier alpha value is -12.7. The van der Waals surface area contributed by atoms with Gasteiger partial charge in [0.25, 0.3) is 23.6 Å². The molecule has 4 atom stereocenters. The first-order chi connectivity index (χ1) is 66.5. The maximum Gasteiger partial charge on any atom is 0.417 e. The number of unbranched alkanes of at least 4 members (excludes halogenated alkanes) is 7. The highest BCUT2D eigenvalue weighted by atomic mass is 35.5. The fourth-order valence-electron chi connectivity index (χ4n) is 13.6. The van der Waals surface area contributed by atoms with Crippen molar-refractivity contribution in [3.05, 3.63) is 160 Å². The number of nitrogens with zero attached hydrogens (tertiary/aromatic N) is 1. The quantitative estimate of drug-likeness (QED) is 0.00806. The predicted molar refractivity (Wildman–Crippen MR) is 543 cm³/mol. The summed E-state index contributed by atoms with van der Waals surface area (Å²) < 4.78 is 183. The van der Waals surface area contributed by atoms with E-state index in [1.165, 1.54) is 90.5 Å². The summed E-state index contributed by atoms with van der Waals surface area (Å²) in [4.78, 5) is 145. The Labute approximate surface area is 846 Å². The predicted octanol–water partition coefficient (Wildman–Crippen LogP) is 15.4. The van der Waals surface area contributed by atoms with Gasteiger partial charge in [-0.3, -0.25) is 47.7 Å². The molecule has 0 bridgehead atoms. The van der Waals surface area contributed by atoms with Crippen LogP contribution >= 0.6 is 11.6 Å². The first-order valence-corrected chi connectivity index (χ1v) is 55.2. The van der Waals surface area contributed by atoms with Crippen LogP contribution in [0.1, 0.15) is 210 Å². The zero-order valence-corrected chi connectivity index (χ0v) is 89.9. The SMILES string of the molecule is CCC(C)(C)c1ccccc1OCCOC(=O)c1cc(OC)c(NC(=O)C(Oc2ccc(C(=O)O)cc2NS(C)(=O)=O)C(=O)C(C)(C)C)cc1Cl.CCCCCCCCCCC(CN1C(=O)OC(C)(C)C1=O)OC(=O)c1ccc(NC(=O)C(Oc2ccc(S(C)(=O)=O)cc2NS(C)(=O)=O)C(=O)C(C)(C)C)c(OC)c1.COc1cc(C)ccc1NC(=O)C(Oc1ccc(S(C)(=O)=O)cc1NS(C)(=O)=O)C(=O)C(C)(C)C. The molecule has 8 rings (SSSR count). The number of aromatic carboxylic acids is 1. The van der Waals surface area contributed by atoms with Crippen LogP contribution in [-0.2, 0) is 103 Å². The van der Waals surface area contributed by atoms with Gasteiger partial charge in [-0.15, -0.1) is 0 Å². The van der Waals surface area contributed by atoms with Gasteiger partial charge >= 0.3 is 24.0 Å². The number of carboxylic acids is 1. The number of aryl methyl sites for hydroxylation is 1. The Bertz CT molecular complexity index is 6530. The number of sulfone groups is 2. The van der Waals surface area contributed by atoms with Gasteiger partial charge in [0.05, 0.1) is 112 Å². The molecule has 1 aliphatic heterocycles. The summed E-state index contributed by atoms with van der Waals surface area (Å²) in [5.74, 6) is -7.94. The number of rotatable bonds is 47. The van der Waals surface area contributed by atoms with Gasteiger partial charge in [-0.05, 0) is 160 Å². The zero-order chi connectivity index (χ0) is 109. The lowest BCUT2D eigenvalue weighted by molar-refractivity contribution is -0.141. The normalized spacial score (nSPS) is 13.7. The fraction of sp³-hybridized carbons (Fsp3) is 0.465. The van der Waals surface area contributed by atoms with Crippen LogP contribution in [0.2, 0.25) is 5.02 Å². The number of ether oxygens (including phenoxy) is 10. The van der Waals surface area contributed by atoms with E-state index >= 15 is 0 Å². The largest absolute Gasteiger partial charge is 0.495 e. The van der Waals surface area contributed by atoms with Crippen molar-refractivity contribution in [2.75, 3.05) is 102 Å². The average molecular weight is 2130 g/mol. The lowest BCUT2D eigenvalue weighted by atomic mass is 9.82. The number of nitrogens with one attached hydrogen (secondary N) is 6. The van der Waals surface area contributed by atoms with Crippen molar-refractivity contribution in [1.29, 1.82) is 0 Å². The number of carbonyl (C=O) groups excluding carboxylic acids is 10. The molecule has 7 aromatic carbocycles. The molecule has 1 aliphatic rings. The van der Waals surface area contributed by atoms with E-state index in [1.807, 2.05) is 31.2 Å². The number of hydrogen-bond acceptors (Lipinski definition) is 31. The molecule has 144 heavy (non-hydrogen) atoms. The molecule has 0 aliphatic carbocycles. The summed E-state index contributed by atoms with van der Waals surface area (Å²) >= 11 is 6.45. The van der Waals surface area contributed by atoms with Crippen molar-refractivity contribution < 1.29 is 147 Å². The van der Waals surface area contributed by atoms with E-state index in [0.29, 0.717) is 30.0 Å². The number of amides is 5. The monoisotopic (exact) mass is 2120 g/mol. The minimum atomic E-state index is -3.97. The average Bonchev–Trinajstić information content (AvgIpc) is 1.01. The fourth-order valence-corrected chi connectivity index (χ4v) is 16.8. The van der Waals surface area contributed by atoms with E-state index < -0.39 is 161 Å². The molecule has 1 heterocycles. The second kappa shape index (κ2) is 50.2. The highest BCUT2D eigenvalue weighted by Gasteiger charge is 2.49. The zero-order valence-electron chi connectivity index (χ0n) is 85.1. The van der Waals surface area contributed by atoms with E-state index in [0.717, 1.165) is 128 Å². The number of cyclic esters (lactones) is 1. The van der Waals surface area contributed by atoms with Gasteiger partial charge in [0, 0.05) is 28.8 Å². The summed E-state index contributed by atoms with van der Waals surface area (Å²) in [5, 5.41) is 17.0. The molecule has 5 amide bonds. The van der Waals surface area contributed by atoms with Crippen LogP contribution in [0, 0.1) is 23.2 Å². The van der Waals surface area contributed by atoms with Crippen LogP contribution in [-0.4, -0.2) is 219 Å². The molecule has 4 unspecified atom stereocenters. The highest BCUT2D eigenvalue weighted by Crippen LogP contribution is 2.41. The lowest BCUT2D eigenvalue weighted by Gasteiger charge is -2.26. The molecule has 0 radical (unpaired) electrons. The van der Waals surface area contributed by atoms with Gasteiger partial charge in [0.1, 0.15) is 59.6 Å². The van der Waals surface area contributed by atoms with Crippen LogP contribution < -0.4 is 63.3 Å². The minimum absolute atomic E-state index is 0.00104. The van der Waals surface area contributed by atoms with Gasteiger partial charge in [-0.1, -0.05) is 171 Å². The Balaban J connectivity index is 0.000000340. The van der Waals surface area contributed by atoms with Crippen LogP contribution in [0.15, 0.2) is 137 Å². The number of esters is 2. The van der Waals surface area contributed by atoms with Gasteiger partial charge in [-0.2, -0.15) is 0 Å². The third kappa shape index (κ3) is 36.0. The number of ketones is 3. The topological polar surface area (TPSA) is 546 Å². The Morgan fingerprint density at radius 1 is 0.458 bits per heavy atom. The molecule has 790 valence electrons. The van der Waals surface area contributed by atoms with Gasteiger partial charge in [-0.25, -0.2) is 66.2 Å². The van der Waals surface area contributed by atoms with Crippen molar-refractivity contribution in [2.24, 2.45) is 16.2 Å². The summed E-state index contributed by atoms with van der Waals surface area (Å²) in [6.07, 6.45) is 6.90. The summed E-state index contributed by atoms with van der Waals surface area (Å²) in [5.41, 5.74) is -3.68. The number of para-hydroxylation sites is 1. The minimum Gasteiger partial charge on any atom is -0.495 e. The van der Waals surface area contributed by atoms with E-state index in [2.05, 4.69) is 57.8 Å². The number of halogens is 1. The molecule has 45 heteroatoms. The third-order valence-electron chi connectivity index (χ3n) is 21.8. The Morgan fingerprint density at radius 2 is 0.868 bits per heavy atom. The van der Waals surface area contributed by atoms with Crippen molar-refractivity contribution in [2.45, 2.75) is 220 Å². The molecule has 7 N–H and O–H groups in total. The number of anilines is 6. The molecule has 0 spiro atoms. The highest BCUT2D eigenvalue weighted by molar-refractivity contribution is 7.92. The number of carbonyl (C=O) groups is 11. The van der Waals surface area contributed by atoms with Gasteiger partial charge in [0.2, 0.25) is 48.4 Å². The van der Waals surface area contributed by atoms with Crippen LogP contribution in [0.5, 0.6) is 40.2 Å². The number of carboxylic acid groups (broad SMARTS) is 1. The lowest BCUT2D eigenvalue weighted by Crippen LogP contribution is -2.45. The number of benzene rings is 7. The van der Waals surface area contributed by atoms with Crippen molar-refractivity contribution in [1.82, 2.24) is 4.90 Å². The smallest absolute Gasteiger partial charge is 0.417 e. The number of imide groups is 1. The van der Waals surface area contributed by atoms with Crippen molar-refractivity contribution >= 4 is 160 Å². The van der Waals surface area contributed by atoms with Crippen LogP contribution in [0.4, 0.5) is 38.9 Å². The molecule has 0 saturated carbocycles. The number of methoxy groups -OCH3 is 3. The third-order valence-corrected chi connectivity index (χ3v) is 26.1. The summed E-state index contributed by atoms with van der Waals surface area (Å²) in [6, 6.07) is 29.2. The Kier molecular flexibility index (Phi) is 41.9. The van der Waals surface area contributed by atoms with E-state index in [1.54, 1.807) is 80.5 Å². The molecule has 1 fully saturated rings. The Morgan fingerprint density at radius 3 is 1.28 bits per heavy atom. The molecular formula is C99H130ClN7O32S5. The standard InChI is InChI=1S/C40H57N3O13S2.C36H43ClN2O11S.C23H30N2O8S2/c1-10-11-12-13-14-15-16-17-18-27(25-43-37(47)40(5,6)56-38(43)48)54-36(46)26-19-21-29(32(23-26)53-7)41-35(45)33(34(44)39(2,3)4)55-31-22-20-28(57(8,49)50)24-30(31)42-58(9,51)52;1-9-36(5,6)23-12-10-11-13-27(23)48-16-17-49-34(44)22-19-29(47-7)25(20-24(22)37)38-32(41)30(31(40)35(2,3)4)50-28-15-14-21(33(42)43)18-26(28)39-51(8,45)46;1-14-8-10-16(19(12-14)32-5)24-22(27)20(21(26)23(2,3)4)33-18-11-9-15(34(6,28)29)13-17(18)25-35(7,30)31/h19-24,27,33,42H,10-18,25H2,1-9H3,(H,41,45);10-15,18-20,30,39H,9,16-17H2,1-8H3,(H,38,41)(H,42,43);8-13,20,25H,1-7H3,(H,24,27). The maximum absolute atomic E-state index is 13.8. The second-order valence-electron chi connectivity index (χ2n) is 38.3. The van der Waals surface area contributed by atoms with E-state index in [-0.39, 0.29) is 114 Å². The summed E-state index contributed by atoms with van der Waals surface area (Å²) in [6.45, 7) is 27.2. The van der Waals surface area contributed by atoms with E-state index in [9.17, 15) is 99.9 Å². The van der Waals surface area contributed by atoms with Crippen LogP contribution in [0.25, 0.3) is 0 Å². The number of Topliss-reactive ketones (excluding diaryl/α,β-unsaturated/α-hetero) is 3. The van der Waals surface area contributed by atoms with Crippen molar-refractivity contribution in [3.8, 4) is 40.2 Å². The molecule has 0 aromatic heterocycles. The molecule has 7 aromatic rings. The second-order valence-corrected chi connectivity index (χ2v) is 47.9. The van der Waals surface area contributed by atoms with Crippen LogP contribution in [0.3, 0.4) is 0 Å². The molecular weight excluding hydrogens is 1990 g/mol. The van der Waals surface area contributed by atoms with E-state index in [4.69, 9.17) is 59.0 Å². The first kappa shape index (κ1) is 120. The van der Waals surface area contributed by atoms with Crippen molar-refractivity contribution in [3.63, 3.8) is 0 Å². The van der Waals surface area contributed by atoms with Gasteiger partial charge in [0.15, 0.2) is 42.6 Å².